The Morgan fingerprint density at radius 3 is 2.79 bits per heavy atom. The van der Waals surface area contributed by atoms with E-state index in [-0.39, 0.29) is 16.9 Å². The summed E-state index contributed by atoms with van der Waals surface area (Å²) in [7, 11) is 0. The first kappa shape index (κ1) is 24.3. The molecule has 1 aliphatic heterocycles. The van der Waals surface area contributed by atoms with Crippen LogP contribution in [0.2, 0.25) is 0 Å². The van der Waals surface area contributed by atoms with E-state index >= 15 is 0 Å². The number of phenols is 1. The van der Waals surface area contributed by atoms with Gasteiger partial charge in [0, 0.05) is 35.5 Å². The summed E-state index contributed by atoms with van der Waals surface area (Å²) in [6, 6.07) is 4.25. The van der Waals surface area contributed by atoms with E-state index in [4.69, 9.17) is 4.74 Å². The van der Waals surface area contributed by atoms with Crippen molar-refractivity contribution in [2.45, 2.75) is 102 Å². The van der Waals surface area contributed by atoms with Gasteiger partial charge in [-0.1, -0.05) is 69.9 Å². The van der Waals surface area contributed by atoms with Crippen molar-refractivity contribution >= 4 is 11.8 Å². The summed E-state index contributed by atoms with van der Waals surface area (Å²) >= 11 is 1.75. The zero-order valence-electron chi connectivity index (χ0n) is 20.9. The number of H-pyrrole nitrogens is 1. The van der Waals surface area contributed by atoms with Crippen LogP contribution < -0.4 is 4.74 Å². The molecule has 0 spiro atoms. The summed E-state index contributed by atoms with van der Waals surface area (Å²) in [6.07, 6.45) is 14.2. The van der Waals surface area contributed by atoms with E-state index in [0.29, 0.717) is 11.7 Å². The number of ether oxygens (including phenoxy) is 1. The van der Waals surface area contributed by atoms with Gasteiger partial charge in [0.1, 0.15) is 17.1 Å². The zero-order valence-corrected chi connectivity index (χ0v) is 21.7. The largest absolute Gasteiger partial charge is 0.508 e. The van der Waals surface area contributed by atoms with Gasteiger partial charge in [-0.15, -0.1) is 0 Å². The summed E-state index contributed by atoms with van der Waals surface area (Å²) in [6.45, 7) is 11.3. The van der Waals surface area contributed by atoms with E-state index in [2.05, 4.69) is 56.7 Å². The molecule has 2 heterocycles. The molecule has 1 aromatic carbocycles. The van der Waals surface area contributed by atoms with Crippen molar-refractivity contribution in [2.75, 3.05) is 5.75 Å². The SMILES string of the molecule is CCCCCCC(C)(C)c1cc(O)c2c(c1)OC(C)(C)[C@H]1CC=C(CSc3ncc[nH]3)CC21. The molecule has 5 heteroatoms. The molecule has 1 aliphatic carbocycles. The molecule has 180 valence electrons. The quantitative estimate of drug-likeness (QED) is 0.224. The molecule has 4 nitrogen and oxygen atoms in total. The Morgan fingerprint density at radius 2 is 2.06 bits per heavy atom. The van der Waals surface area contributed by atoms with Crippen LogP contribution in [0.4, 0.5) is 0 Å². The zero-order chi connectivity index (χ0) is 23.6. The molecule has 0 saturated heterocycles. The van der Waals surface area contributed by atoms with Crippen molar-refractivity contribution in [3.8, 4) is 11.5 Å². The van der Waals surface area contributed by atoms with E-state index in [1.54, 1.807) is 18.0 Å². The lowest BCUT2D eigenvalue weighted by Crippen LogP contribution is -2.45. The number of thioether (sulfide) groups is 1. The summed E-state index contributed by atoms with van der Waals surface area (Å²) in [5.74, 6) is 2.87. The van der Waals surface area contributed by atoms with E-state index in [9.17, 15) is 5.11 Å². The number of rotatable bonds is 9. The van der Waals surface area contributed by atoms with Crippen LogP contribution in [0.25, 0.3) is 0 Å². The third kappa shape index (κ3) is 5.29. The van der Waals surface area contributed by atoms with Crippen LogP contribution >= 0.6 is 11.8 Å². The molecule has 0 radical (unpaired) electrons. The normalized spacial score (nSPS) is 21.7. The van der Waals surface area contributed by atoms with Crippen molar-refractivity contribution in [1.82, 2.24) is 9.97 Å². The maximum Gasteiger partial charge on any atom is 0.165 e. The summed E-state index contributed by atoms with van der Waals surface area (Å²) < 4.78 is 6.59. The van der Waals surface area contributed by atoms with Crippen LogP contribution in [0, 0.1) is 5.92 Å². The number of hydrogen-bond donors (Lipinski definition) is 2. The van der Waals surface area contributed by atoms with Crippen molar-refractivity contribution < 1.29 is 9.84 Å². The molecule has 1 aromatic heterocycles. The van der Waals surface area contributed by atoms with E-state index in [1.165, 1.54) is 36.8 Å². The Labute approximate surface area is 203 Å². The maximum atomic E-state index is 11.3. The Morgan fingerprint density at radius 1 is 1.24 bits per heavy atom. The molecule has 0 amide bonds. The van der Waals surface area contributed by atoms with Crippen LogP contribution in [-0.2, 0) is 5.41 Å². The van der Waals surface area contributed by atoms with Crippen LogP contribution in [0.1, 0.15) is 96.6 Å². The van der Waals surface area contributed by atoms with Gasteiger partial charge in [-0.25, -0.2) is 4.98 Å². The number of nitrogens with one attached hydrogen (secondary N) is 1. The number of aromatic hydroxyl groups is 1. The number of benzene rings is 1. The summed E-state index contributed by atoms with van der Waals surface area (Å²) in [4.78, 5) is 7.52. The number of hydrogen-bond acceptors (Lipinski definition) is 4. The first-order valence-electron chi connectivity index (χ1n) is 12.6. The standard InChI is InChI=1S/C28H40N2O2S/c1-6-7-8-9-12-27(2,3)20-16-23(31)25-21-15-19(18-33-26-29-13-14-30-26)10-11-22(21)28(4,5)32-24(25)17-20/h10,13-14,16-17,21-22,31H,6-9,11-12,15,18H2,1-5H3,(H,29,30)/t21?,22-/m0/s1. The molecule has 0 saturated carbocycles. The molecular weight excluding hydrogens is 428 g/mol. The van der Waals surface area contributed by atoms with Crippen molar-refractivity contribution in [3.05, 3.63) is 47.3 Å². The van der Waals surface area contributed by atoms with Crippen LogP contribution in [0.15, 0.2) is 41.3 Å². The smallest absolute Gasteiger partial charge is 0.165 e. The van der Waals surface area contributed by atoms with Gasteiger partial charge in [-0.2, -0.15) is 0 Å². The minimum atomic E-state index is -0.260. The highest BCUT2D eigenvalue weighted by molar-refractivity contribution is 7.99. The van der Waals surface area contributed by atoms with Crippen molar-refractivity contribution in [2.24, 2.45) is 5.92 Å². The predicted molar refractivity (Wildman–Crippen MR) is 137 cm³/mol. The number of aromatic amines is 1. The number of allylic oxidation sites excluding steroid dienone is 1. The molecular formula is C28H40N2O2S. The van der Waals surface area contributed by atoms with Gasteiger partial charge in [0.05, 0.1) is 0 Å². The average molecular weight is 469 g/mol. The topological polar surface area (TPSA) is 58.1 Å². The second kappa shape index (κ2) is 9.77. The van der Waals surface area contributed by atoms with Gasteiger partial charge < -0.3 is 14.8 Å². The number of phenolic OH excluding ortho intramolecular Hbond substituents is 1. The number of nitrogens with zero attached hydrogens (tertiary/aromatic N) is 1. The van der Waals surface area contributed by atoms with Gasteiger partial charge in [0.2, 0.25) is 0 Å². The number of aromatic nitrogens is 2. The molecule has 4 rings (SSSR count). The number of fused-ring (bicyclic) bond motifs is 3. The highest BCUT2D eigenvalue weighted by atomic mass is 32.2. The molecule has 33 heavy (non-hydrogen) atoms. The molecule has 2 N–H and O–H groups in total. The molecule has 0 fully saturated rings. The van der Waals surface area contributed by atoms with Crippen LogP contribution in [-0.4, -0.2) is 26.4 Å². The summed E-state index contributed by atoms with van der Waals surface area (Å²) in [5, 5.41) is 12.2. The molecule has 2 aromatic rings. The lowest BCUT2D eigenvalue weighted by Gasteiger charge is -2.47. The predicted octanol–water partition coefficient (Wildman–Crippen LogP) is 7.75. The fourth-order valence-electron chi connectivity index (χ4n) is 5.60. The third-order valence-corrected chi connectivity index (χ3v) is 8.70. The average Bonchev–Trinajstić information content (AvgIpc) is 3.28. The molecule has 2 atom stereocenters. The Bertz CT molecular complexity index is 978. The monoisotopic (exact) mass is 468 g/mol. The lowest BCUT2D eigenvalue weighted by molar-refractivity contribution is 0.00745. The minimum Gasteiger partial charge on any atom is -0.508 e. The fourth-order valence-corrected chi connectivity index (χ4v) is 6.45. The van der Waals surface area contributed by atoms with Gasteiger partial charge in [-0.05, 0) is 56.2 Å². The van der Waals surface area contributed by atoms with Crippen molar-refractivity contribution in [1.29, 1.82) is 0 Å². The van der Waals surface area contributed by atoms with Gasteiger partial charge in [0.25, 0.3) is 0 Å². The fraction of sp³-hybridized carbons (Fsp3) is 0.607. The van der Waals surface area contributed by atoms with Gasteiger partial charge in [-0.3, -0.25) is 0 Å². The first-order valence-corrected chi connectivity index (χ1v) is 13.6. The van der Waals surface area contributed by atoms with Crippen molar-refractivity contribution in [3.63, 3.8) is 0 Å². The second-order valence-electron chi connectivity index (χ2n) is 11.0. The minimum absolute atomic E-state index is 0.0158. The number of imidazole rings is 1. The number of unbranched alkanes of at least 4 members (excludes halogenated alkanes) is 3. The molecule has 0 bridgehead atoms. The van der Waals surface area contributed by atoms with Gasteiger partial charge >= 0.3 is 0 Å². The van der Waals surface area contributed by atoms with Gasteiger partial charge in [0.15, 0.2) is 5.16 Å². The van der Waals surface area contributed by atoms with E-state index in [0.717, 1.165) is 41.5 Å². The summed E-state index contributed by atoms with van der Waals surface area (Å²) in [5.41, 5.74) is 3.38. The van der Waals surface area contributed by atoms with E-state index in [1.807, 2.05) is 12.3 Å². The highest BCUT2D eigenvalue weighted by Crippen LogP contribution is 2.55. The molecule has 1 unspecified atom stereocenters. The first-order chi connectivity index (χ1) is 15.7. The second-order valence-corrected chi connectivity index (χ2v) is 12.0. The Kier molecular flexibility index (Phi) is 7.18. The Balaban J connectivity index is 1.57. The maximum absolute atomic E-state index is 11.3. The van der Waals surface area contributed by atoms with E-state index < -0.39 is 0 Å². The molecule has 2 aliphatic rings. The van der Waals surface area contributed by atoms with Crippen LogP contribution in [0.5, 0.6) is 11.5 Å². The third-order valence-electron chi connectivity index (χ3n) is 7.69. The van der Waals surface area contributed by atoms with Crippen LogP contribution in [0.3, 0.4) is 0 Å². The lowest BCUT2D eigenvalue weighted by atomic mass is 9.66. The Hall–Kier alpha value is -1.88. The highest BCUT2D eigenvalue weighted by Gasteiger charge is 2.46.